The summed E-state index contributed by atoms with van der Waals surface area (Å²) in [5.74, 6) is 0.423. The highest BCUT2D eigenvalue weighted by molar-refractivity contribution is 4.93. The maximum atomic E-state index is 10.4. The fourth-order valence-electron chi connectivity index (χ4n) is 3.48. The van der Waals surface area contributed by atoms with Gasteiger partial charge in [-0.2, -0.15) is 0 Å². The van der Waals surface area contributed by atoms with Crippen molar-refractivity contribution >= 4 is 0 Å². The first kappa shape index (κ1) is 14.3. The van der Waals surface area contributed by atoms with Gasteiger partial charge < -0.3 is 20.6 Å². The van der Waals surface area contributed by atoms with Gasteiger partial charge in [-0.1, -0.05) is 13.3 Å². The Morgan fingerprint density at radius 1 is 1.22 bits per heavy atom. The molecule has 2 aliphatic rings. The summed E-state index contributed by atoms with van der Waals surface area (Å²) >= 11 is 0. The smallest absolute Gasteiger partial charge is 0.0797 e. The summed E-state index contributed by atoms with van der Waals surface area (Å²) in [5, 5.41) is 10.4. The number of rotatable bonds is 5. The van der Waals surface area contributed by atoms with Crippen LogP contribution in [0.1, 0.15) is 32.6 Å². The highest BCUT2D eigenvalue weighted by atomic mass is 16.3. The van der Waals surface area contributed by atoms with E-state index in [-0.39, 0.29) is 0 Å². The van der Waals surface area contributed by atoms with E-state index in [1.54, 1.807) is 0 Å². The Morgan fingerprint density at radius 3 is 2.50 bits per heavy atom. The average molecular weight is 255 g/mol. The van der Waals surface area contributed by atoms with Gasteiger partial charge in [0.25, 0.3) is 0 Å². The van der Waals surface area contributed by atoms with Crippen LogP contribution in [-0.2, 0) is 0 Å². The van der Waals surface area contributed by atoms with Gasteiger partial charge >= 0.3 is 0 Å². The van der Waals surface area contributed by atoms with Crippen molar-refractivity contribution in [3.8, 4) is 0 Å². The molecule has 2 atom stereocenters. The van der Waals surface area contributed by atoms with Gasteiger partial charge in [-0.05, 0) is 38.3 Å². The number of nitrogens with zero attached hydrogens (tertiary/aromatic N) is 2. The molecule has 106 valence electrons. The van der Waals surface area contributed by atoms with E-state index in [1.165, 1.54) is 32.7 Å². The summed E-state index contributed by atoms with van der Waals surface area (Å²) in [6.07, 6.45) is 4.31. The lowest BCUT2D eigenvalue weighted by Crippen LogP contribution is -2.47. The molecule has 0 bridgehead atoms. The molecule has 0 aromatic heterocycles. The SMILES string of the molecule is CCN1CCN(CCC2CCCC2(O)CN)CC1. The summed E-state index contributed by atoms with van der Waals surface area (Å²) in [4.78, 5) is 5.05. The molecular formula is C14H29N3O. The van der Waals surface area contributed by atoms with Crippen LogP contribution in [0.5, 0.6) is 0 Å². The highest BCUT2D eigenvalue weighted by Crippen LogP contribution is 2.37. The lowest BCUT2D eigenvalue weighted by atomic mass is 9.88. The molecule has 4 nitrogen and oxygen atoms in total. The Morgan fingerprint density at radius 2 is 1.89 bits per heavy atom. The second-order valence-corrected chi connectivity index (χ2v) is 5.96. The van der Waals surface area contributed by atoms with Crippen LogP contribution in [-0.4, -0.2) is 66.3 Å². The Bertz CT molecular complexity index is 253. The van der Waals surface area contributed by atoms with Crippen LogP contribution in [0.25, 0.3) is 0 Å². The lowest BCUT2D eigenvalue weighted by Gasteiger charge is -2.36. The number of aliphatic hydroxyl groups is 1. The van der Waals surface area contributed by atoms with Gasteiger partial charge in [0.15, 0.2) is 0 Å². The lowest BCUT2D eigenvalue weighted by molar-refractivity contribution is 0.00275. The van der Waals surface area contributed by atoms with Crippen LogP contribution in [0.2, 0.25) is 0 Å². The molecule has 2 rings (SSSR count). The van der Waals surface area contributed by atoms with Gasteiger partial charge in [0, 0.05) is 32.7 Å². The van der Waals surface area contributed by atoms with E-state index < -0.39 is 5.60 Å². The zero-order valence-electron chi connectivity index (χ0n) is 11.8. The minimum Gasteiger partial charge on any atom is -0.388 e. The minimum atomic E-state index is -0.564. The van der Waals surface area contributed by atoms with E-state index in [0.717, 1.165) is 32.2 Å². The van der Waals surface area contributed by atoms with Crippen LogP contribution >= 0.6 is 0 Å². The van der Waals surface area contributed by atoms with E-state index in [1.807, 2.05) is 0 Å². The van der Waals surface area contributed by atoms with Crippen molar-refractivity contribution in [2.45, 2.75) is 38.2 Å². The standard InChI is InChI=1S/C14H29N3O/c1-2-16-8-10-17(11-9-16)7-5-13-4-3-6-14(13,18)12-15/h13,18H,2-12,15H2,1H3. The first-order chi connectivity index (χ1) is 8.68. The largest absolute Gasteiger partial charge is 0.388 e. The van der Waals surface area contributed by atoms with Gasteiger partial charge in [-0.3, -0.25) is 0 Å². The van der Waals surface area contributed by atoms with Crippen molar-refractivity contribution in [3.63, 3.8) is 0 Å². The van der Waals surface area contributed by atoms with Crippen molar-refractivity contribution in [1.29, 1.82) is 0 Å². The maximum absolute atomic E-state index is 10.4. The van der Waals surface area contributed by atoms with Crippen molar-refractivity contribution in [2.24, 2.45) is 11.7 Å². The maximum Gasteiger partial charge on any atom is 0.0797 e. The molecule has 1 heterocycles. The van der Waals surface area contributed by atoms with Crippen molar-refractivity contribution in [1.82, 2.24) is 9.80 Å². The van der Waals surface area contributed by atoms with Crippen molar-refractivity contribution in [3.05, 3.63) is 0 Å². The molecule has 2 fully saturated rings. The molecule has 0 amide bonds. The topological polar surface area (TPSA) is 52.7 Å². The van der Waals surface area contributed by atoms with Gasteiger partial charge in [-0.25, -0.2) is 0 Å². The number of likely N-dealkylation sites (N-methyl/N-ethyl adjacent to an activating group) is 1. The molecule has 1 saturated carbocycles. The molecule has 1 saturated heterocycles. The molecule has 18 heavy (non-hydrogen) atoms. The second kappa shape index (κ2) is 6.33. The molecule has 2 unspecified atom stereocenters. The van der Waals surface area contributed by atoms with E-state index in [4.69, 9.17) is 5.73 Å². The average Bonchev–Trinajstić information content (AvgIpc) is 2.79. The van der Waals surface area contributed by atoms with Gasteiger partial charge in [0.1, 0.15) is 0 Å². The summed E-state index contributed by atoms with van der Waals surface area (Å²) in [6.45, 7) is 9.72. The number of piperazine rings is 1. The molecule has 0 spiro atoms. The van der Waals surface area contributed by atoms with Crippen molar-refractivity contribution in [2.75, 3.05) is 45.8 Å². The van der Waals surface area contributed by atoms with E-state index in [2.05, 4.69) is 16.7 Å². The summed E-state index contributed by atoms with van der Waals surface area (Å²) in [6, 6.07) is 0. The van der Waals surface area contributed by atoms with E-state index >= 15 is 0 Å². The zero-order chi connectivity index (χ0) is 13.0. The fraction of sp³-hybridized carbons (Fsp3) is 1.00. The first-order valence-corrected chi connectivity index (χ1v) is 7.55. The molecule has 0 radical (unpaired) electrons. The fourth-order valence-corrected chi connectivity index (χ4v) is 3.48. The molecule has 1 aliphatic heterocycles. The molecule has 4 heteroatoms. The third-order valence-electron chi connectivity index (χ3n) is 4.98. The highest BCUT2D eigenvalue weighted by Gasteiger charge is 2.39. The first-order valence-electron chi connectivity index (χ1n) is 7.55. The third-order valence-corrected chi connectivity index (χ3v) is 4.98. The van der Waals surface area contributed by atoms with Crippen LogP contribution in [0.3, 0.4) is 0 Å². The van der Waals surface area contributed by atoms with E-state index in [9.17, 15) is 5.11 Å². The van der Waals surface area contributed by atoms with Crippen LogP contribution < -0.4 is 5.73 Å². The van der Waals surface area contributed by atoms with E-state index in [0.29, 0.717) is 12.5 Å². The number of nitrogens with two attached hydrogens (primary N) is 1. The number of hydrogen-bond acceptors (Lipinski definition) is 4. The van der Waals surface area contributed by atoms with Gasteiger partial charge in [0.2, 0.25) is 0 Å². The summed E-state index contributed by atoms with van der Waals surface area (Å²) in [7, 11) is 0. The second-order valence-electron chi connectivity index (χ2n) is 5.96. The van der Waals surface area contributed by atoms with Crippen LogP contribution in [0, 0.1) is 5.92 Å². The van der Waals surface area contributed by atoms with Gasteiger partial charge in [-0.15, -0.1) is 0 Å². The summed E-state index contributed by atoms with van der Waals surface area (Å²) in [5.41, 5.74) is 5.17. The quantitative estimate of drug-likeness (QED) is 0.751. The Balaban J connectivity index is 1.72. The summed E-state index contributed by atoms with van der Waals surface area (Å²) < 4.78 is 0. The predicted octanol–water partition coefficient (Wildman–Crippen LogP) is 0.504. The normalized spacial score (nSPS) is 35.2. The monoisotopic (exact) mass is 255 g/mol. The van der Waals surface area contributed by atoms with Crippen LogP contribution in [0.15, 0.2) is 0 Å². The third kappa shape index (κ3) is 3.23. The number of hydrogen-bond donors (Lipinski definition) is 2. The Labute approximate surface area is 111 Å². The Kier molecular flexibility index (Phi) is 5.01. The molecule has 3 N–H and O–H groups in total. The van der Waals surface area contributed by atoms with Gasteiger partial charge in [0.05, 0.1) is 5.60 Å². The Hall–Kier alpha value is -0.160. The minimum absolute atomic E-state index is 0.423. The predicted molar refractivity (Wildman–Crippen MR) is 74.5 cm³/mol. The zero-order valence-corrected chi connectivity index (χ0v) is 11.8. The van der Waals surface area contributed by atoms with Crippen molar-refractivity contribution < 1.29 is 5.11 Å². The molecule has 0 aromatic rings. The molecule has 1 aliphatic carbocycles. The van der Waals surface area contributed by atoms with Crippen LogP contribution in [0.4, 0.5) is 0 Å². The molecular weight excluding hydrogens is 226 g/mol. The molecule has 0 aromatic carbocycles.